The molecule has 0 aliphatic rings. The van der Waals surface area contributed by atoms with E-state index in [1.807, 2.05) is 6.92 Å². The van der Waals surface area contributed by atoms with E-state index in [0.717, 1.165) is 6.07 Å². The number of anilines is 1. The lowest BCUT2D eigenvalue weighted by atomic mass is 10.2. The van der Waals surface area contributed by atoms with Crippen LogP contribution in [-0.2, 0) is 0 Å². The smallest absolute Gasteiger partial charge is 0.150 e. The number of aliphatic hydroxyl groups is 1. The zero-order valence-electron chi connectivity index (χ0n) is 8.34. The van der Waals surface area contributed by atoms with Gasteiger partial charge in [0, 0.05) is 23.3 Å². The second-order valence-electron chi connectivity index (χ2n) is 3.40. The lowest BCUT2D eigenvalue weighted by molar-refractivity contribution is 0.250. The summed E-state index contributed by atoms with van der Waals surface area (Å²) in [6.07, 6.45) is 0. The van der Waals surface area contributed by atoms with E-state index in [0.29, 0.717) is 10.6 Å². The first-order chi connectivity index (χ1) is 7.04. The van der Waals surface area contributed by atoms with Crippen molar-refractivity contribution in [3.05, 3.63) is 23.8 Å². The summed E-state index contributed by atoms with van der Waals surface area (Å²) in [6.45, 7) is 1.89. The Morgan fingerprint density at radius 3 is 2.73 bits per heavy atom. The molecule has 0 radical (unpaired) electrons. The topological polar surface area (TPSA) is 46.2 Å². The number of thioether (sulfide) groups is 1. The molecule has 0 saturated carbocycles. The standard InChI is InChI=1S/C10H13F2NOS/c1-6(4-14)5-15-9-3-7(11)2-8(12)10(9)13/h2-3,6,14H,4-5,13H2,1H3. The summed E-state index contributed by atoms with van der Waals surface area (Å²) in [4.78, 5) is 0.382. The second-order valence-corrected chi connectivity index (χ2v) is 4.46. The number of hydrogen-bond acceptors (Lipinski definition) is 3. The van der Waals surface area contributed by atoms with Crippen LogP contribution in [-0.4, -0.2) is 17.5 Å². The minimum atomic E-state index is -0.742. The van der Waals surface area contributed by atoms with Crippen molar-refractivity contribution in [3.8, 4) is 0 Å². The number of hydrogen-bond donors (Lipinski definition) is 2. The largest absolute Gasteiger partial charge is 0.396 e. The molecule has 0 fully saturated rings. The predicted molar refractivity (Wildman–Crippen MR) is 57.7 cm³/mol. The molecule has 1 rings (SSSR count). The van der Waals surface area contributed by atoms with Gasteiger partial charge in [-0.1, -0.05) is 6.92 Å². The van der Waals surface area contributed by atoms with Gasteiger partial charge in [-0.2, -0.15) is 0 Å². The van der Waals surface area contributed by atoms with Crippen molar-refractivity contribution in [2.45, 2.75) is 11.8 Å². The monoisotopic (exact) mass is 233 g/mol. The van der Waals surface area contributed by atoms with Crippen LogP contribution in [0.15, 0.2) is 17.0 Å². The molecular formula is C10H13F2NOS. The Bertz CT molecular complexity index is 346. The highest BCUT2D eigenvalue weighted by Crippen LogP contribution is 2.29. The molecule has 5 heteroatoms. The molecule has 3 N–H and O–H groups in total. The Morgan fingerprint density at radius 1 is 1.47 bits per heavy atom. The molecule has 1 unspecified atom stereocenters. The maximum absolute atomic E-state index is 13.0. The van der Waals surface area contributed by atoms with Crippen molar-refractivity contribution in [1.82, 2.24) is 0 Å². The molecule has 1 aromatic rings. The molecule has 0 bridgehead atoms. The van der Waals surface area contributed by atoms with Crippen molar-refractivity contribution in [1.29, 1.82) is 0 Å². The van der Waals surface area contributed by atoms with E-state index in [4.69, 9.17) is 10.8 Å². The van der Waals surface area contributed by atoms with Crippen molar-refractivity contribution in [2.24, 2.45) is 5.92 Å². The maximum atomic E-state index is 13.0. The Hall–Kier alpha value is -0.810. The molecule has 0 amide bonds. The van der Waals surface area contributed by atoms with Gasteiger partial charge >= 0.3 is 0 Å². The highest BCUT2D eigenvalue weighted by atomic mass is 32.2. The first-order valence-electron chi connectivity index (χ1n) is 4.52. The number of benzene rings is 1. The third-order valence-electron chi connectivity index (χ3n) is 1.89. The number of aliphatic hydroxyl groups excluding tert-OH is 1. The molecule has 84 valence electrons. The molecule has 15 heavy (non-hydrogen) atoms. The Morgan fingerprint density at radius 2 is 2.13 bits per heavy atom. The van der Waals surface area contributed by atoms with Gasteiger partial charge < -0.3 is 10.8 Å². The van der Waals surface area contributed by atoms with Gasteiger partial charge in [-0.3, -0.25) is 0 Å². The van der Waals surface area contributed by atoms with E-state index < -0.39 is 11.6 Å². The maximum Gasteiger partial charge on any atom is 0.150 e. The van der Waals surface area contributed by atoms with Gasteiger partial charge in [0.2, 0.25) is 0 Å². The molecular weight excluding hydrogens is 220 g/mol. The van der Waals surface area contributed by atoms with Crippen molar-refractivity contribution >= 4 is 17.4 Å². The van der Waals surface area contributed by atoms with Crippen molar-refractivity contribution < 1.29 is 13.9 Å². The van der Waals surface area contributed by atoms with Gasteiger partial charge in [0.25, 0.3) is 0 Å². The molecule has 0 heterocycles. The van der Waals surface area contributed by atoms with Crippen LogP contribution in [0.2, 0.25) is 0 Å². The minimum Gasteiger partial charge on any atom is -0.396 e. The minimum absolute atomic E-state index is 0.0356. The van der Waals surface area contributed by atoms with E-state index in [9.17, 15) is 8.78 Å². The normalized spacial score (nSPS) is 12.8. The number of nitrogen functional groups attached to an aromatic ring is 1. The summed E-state index contributed by atoms with van der Waals surface area (Å²) in [5.41, 5.74) is 5.42. The van der Waals surface area contributed by atoms with Gasteiger partial charge in [-0.05, 0) is 12.0 Å². The van der Waals surface area contributed by atoms with Crippen LogP contribution in [0.4, 0.5) is 14.5 Å². The molecule has 0 aromatic heterocycles. The van der Waals surface area contributed by atoms with Crippen LogP contribution < -0.4 is 5.73 Å². The van der Waals surface area contributed by atoms with Crippen molar-refractivity contribution in [2.75, 3.05) is 18.1 Å². The third-order valence-corrected chi connectivity index (χ3v) is 3.28. The quantitative estimate of drug-likeness (QED) is 0.619. The van der Waals surface area contributed by atoms with Gasteiger partial charge in [0.05, 0.1) is 5.69 Å². The number of nitrogens with two attached hydrogens (primary N) is 1. The zero-order chi connectivity index (χ0) is 11.4. The van der Waals surface area contributed by atoms with Crippen LogP contribution in [0, 0.1) is 17.6 Å². The van der Waals surface area contributed by atoms with Gasteiger partial charge in [0.15, 0.2) is 0 Å². The molecule has 1 atom stereocenters. The van der Waals surface area contributed by atoms with Gasteiger partial charge in [-0.25, -0.2) is 8.78 Å². The van der Waals surface area contributed by atoms with Crippen LogP contribution >= 0.6 is 11.8 Å². The fourth-order valence-corrected chi connectivity index (χ4v) is 1.98. The molecule has 0 saturated heterocycles. The fourth-order valence-electron chi connectivity index (χ4n) is 0.965. The van der Waals surface area contributed by atoms with E-state index in [1.54, 1.807) is 0 Å². The lowest BCUT2D eigenvalue weighted by Crippen LogP contribution is -2.04. The molecule has 2 nitrogen and oxygen atoms in total. The fraction of sp³-hybridized carbons (Fsp3) is 0.400. The van der Waals surface area contributed by atoms with Crippen LogP contribution in [0.3, 0.4) is 0 Å². The highest BCUT2D eigenvalue weighted by Gasteiger charge is 2.10. The molecule has 1 aromatic carbocycles. The molecule has 0 aliphatic heterocycles. The summed E-state index contributed by atoms with van der Waals surface area (Å²) in [6, 6.07) is 1.96. The number of halogens is 2. The van der Waals surface area contributed by atoms with Crippen LogP contribution in [0.25, 0.3) is 0 Å². The predicted octanol–water partition coefficient (Wildman–Crippen LogP) is 2.27. The average molecular weight is 233 g/mol. The summed E-state index contributed by atoms with van der Waals surface area (Å²) in [5, 5.41) is 8.80. The van der Waals surface area contributed by atoms with E-state index in [-0.39, 0.29) is 18.2 Å². The summed E-state index contributed by atoms with van der Waals surface area (Å²) >= 11 is 1.24. The van der Waals surface area contributed by atoms with Gasteiger partial charge in [0.1, 0.15) is 11.6 Å². The van der Waals surface area contributed by atoms with E-state index >= 15 is 0 Å². The SMILES string of the molecule is CC(CO)CSc1cc(F)cc(F)c1N. The van der Waals surface area contributed by atoms with E-state index in [2.05, 4.69) is 0 Å². The lowest BCUT2D eigenvalue weighted by Gasteiger charge is -2.09. The highest BCUT2D eigenvalue weighted by molar-refractivity contribution is 7.99. The summed E-state index contributed by atoms with van der Waals surface area (Å²) in [7, 11) is 0. The summed E-state index contributed by atoms with van der Waals surface area (Å²) in [5.74, 6) is -0.736. The van der Waals surface area contributed by atoms with Crippen LogP contribution in [0.5, 0.6) is 0 Å². The van der Waals surface area contributed by atoms with Gasteiger partial charge in [-0.15, -0.1) is 11.8 Å². The zero-order valence-corrected chi connectivity index (χ0v) is 9.15. The third kappa shape index (κ3) is 3.35. The first-order valence-corrected chi connectivity index (χ1v) is 5.51. The first kappa shape index (κ1) is 12.3. The second kappa shape index (κ2) is 5.32. The molecule has 0 aliphatic carbocycles. The van der Waals surface area contributed by atoms with E-state index in [1.165, 1.54) is 17.8 Å². The molecule has 0 spiro atoms. The Balaban J connectivity index is 2.76. The van der Waals surface area contributed by atoms with Crippen molar-refractivity contribution in [3.63, 3.8) is 0 Å². The Kier molecular flexibility index (Phi) is 4.35. The Labute approximate surface area is 91.5 Å². The average Bonchev–Trinajstić information content (AvgIpc) is 2.20. The summed E-state index contributed by atoms with van der Waals surface area (Å²) < 4.78 is 25.9. The number of rotatable bonds is 4. The van der Waals surface area contributed by atoms with Crippen LogP contribution in [0.1, 0.15) is 6.92 Å².